The third-order valence-electron chi connectivity index (χ3n) is 4.25. The molecule has 0 aliphatic carbocycles. The van der Waals surface area contributed by atoms with E-state index in [0.29, 0.717) is 17.6 Å². The quantitative estimate of drug-likeness (QED) is 0.624. The lowest BCUT2D eigenvalue weighted by Crippen LogP contribution is -2.10. The smallest absolute Gasteiger partial charge is 0.252 e. The molecular formula is C19H17N5O. The van der Waals surface area contributed by atoms with E-state index in [9.17, 15) is 4.79 Å². The fraction of sp³-hybridized carbons (Fsp3) is 0.105. The average molecular weight is 331 g/mol. The van der Waals surface area contributed by atoms with Gasteiger partial charge in [-0.2, -0.15) is 5.10 Å². The van der Waals surface area contributed by atoms with Crippen molar-refractivity contribution in [3.63, 3.8) is 0 Å². The number of aryl methyl sites for hydroxylation is 1. The molecule has 0 spiro atoms. The first-order valence-corrected chi connectivity index (χ1v) is 7.93. The SMILES string of the molecule is Cn1cc(-c2ccc(Cn3cc(C(N)=O)c4ncccc43)cc2)cn1. The van der Waals surface area contributed by atoms with Crippen LogP contribution < -0.4 is 5.73 Å². The minimum atomic E-state index is -0.464. The molecule has 0 saturated carbocycles. The molecular weight excluding hydrogens is 314 g/mol. The Morgan fingerprint density at radius 2 is 1.92 bits per heavy atom. The van der Waals surface area contributed by atoms with Crippen molar-refractivity contribution < 1.29 is 4.79 Å². The van der Waals surface area contributed by atoms with Crippen LogP contribution in [0.3, 0.4) is 0 Å². The van der Waals surface area contributed by atoms with Gasteiger partial charge >= 0.3 is 0 Å². The lowest BCUT2D eigenvalue weighted by molar-refractivity contribution is 0.100. The Kier molecular flexibility index (Phi) is 3.57. The fourth-order valence-electron chi connectivity index (χ4n) is 3.00. The van der Waals surface area contributed by atoms with Crippen molar-refractivity contribution >= 4 is 16.9 Å². The van der Waals surface area contributed by atoms with Gasteiger partial charge in [0, 0.05) is 37.7 Å². The molecule has 25 heavy (non-hydrogen) atoms. The zero-order valence-electron chi connectivity index (χ0n) is 13.8. The second-order valence-electron chi connectivity index (χ2n) is 6.01. The summed E-state index contributed by atoms with van der Waals surface area (Å²) in [6.45, 7) is 0.642. The first kappa shape index (κ1) is 15.1. The van der Waals surface area contributed by atoms with Crippen LogP contribution in [0.4, 0.5) is 0 Å². The second kappa shape index (κ2) is 5.90. The molecule has 0 unspecified atom stereocenters. The maximum absolute atomic E-state index is 11.6. The molecule has 2 N–H and O–H groups in total. The van der Waals surface area contributed by atoms with Gasteiger partial charge in [-0.3, -0.25) is 14.5 Å². The molecule has 0 aliphatic heterocycles. The highest BCUT2D eigenvalue weighted by atomic mass is 16.1. The van der Waals surface area contributed by atoms with Crippen molar-refractivity contribution in [2.24, 2.45) is 12.8 Å². The number of nitrogens with two attached hydrogens (primary N) is 1. The number of hydrogen-bond donors (Lipinski definition) is 1. The maximum atomic E-state index is 11.6. The van der Waals surface area contributed by atoms with Crippen LogP contribution in [-0.4, -0.2) is 25.2 Å². The van der Waals surface area contributed by atoms with E-state index >= 15 is 0 Å². The monoisotopic (exact) mass is 331 g/mol. The summed E-state index contributed by atoms with van der Waals surface area (Å²) >= 11 is 0. The normalized spacial score (nSPS) is 11.1. The highest BCUT2D eigenvalue weighted by molar-refractivity contribution is 6.04. The van der Waals surface area contributed by atoms with Crippen molar-refractivity contribution in [1.29, 1.82) is 0 Å². The zero-order valence-corrected chi connectivity index (χ0v) is 13.8. The molecule has 6 heteroatoms. The van der Waals surface area contributed by atoms with Gasteiger partial charge < -0.3 is 10.3 Å². The van der Waals surface area contributed by atoms with Crippen LogP contribution in [-0.2, 0) is 13.6 Å². The summed E-state index contributed by atoms with van der Waals surface area (Å²) in [4.78, 5) is 15.9. The van der Waals surface area contributed by atoms with E-state index in [2.05, 4.69) is 34.3 Å². The number of primary amides is 1. The summed E-state index contributed by atoms with van der Waals surface area (Å²) in [6.07, 6.45) is 7.27. The lowest BCUT2D eigenvalue weighted by atomic mass is 10.1. The topological polar surface area (TPSA) is 78.7 Å². The number of carbonyl (C=O) groups excluding carboxylic acids is 1. The minimum Gasteiger partial charge on any atom is -0.365 e. The van der Waals surface area contributed by atoms with E-state index in [0.717, 1.165) is 22.2 Å². The molecule has 6 nitrogen and oxygen atoms in total. The van der Waals surface area contributed by atoms with E-state index in [1.807, 2.05) is 36.1 Å². The van der Waals surface area contributed by atoms with Crippen LogP contribution in [0.15, 0.2) is 61.2 Å². The van der Waals surface area contributed by atoms with Crippen LogP contribution in [0.5, 0.6) is 0 Å². The Hall–Kier alpha value is -3.41. The molecule has 124 valence electrons. The third-order valence-corrected chi connectivity index (χ3v) is 4.25. The largest absolute Gasteiger partial charge is 0.365 e. The number of amides is 1. The van der Waals surface area contributed by atoms with Gasteiger partial charge in [0.25, 0.3) is 5.91 Å². The molecule has 4 aromatic rings. The van der Waals surface area contributed by atoms with Crippen LogP contribution >= 0.6 is 0 Å². The number of fused-ring (bicyclic) bond motifs is 1. The summed E-state index contributed by atoms with van der Waals surface area (Å²) in [5.74, 6) is -0.464. The highest BCUT2D eigenvalue weighted by Gasteiger charge is 2.13. The Morgan fingerprint density at radius 3 is 2.60 bits per heavy atom. The van der Waals surface area contributed by atoms with Crippen LogP contribution in [0.1, 0.15) is 15.9 Å². The number of nitrogens with zero attached hydrogens (tertiary/aromatic N) is 4. The van der Waals surface area contributed by atoms with E-state index in [1.54, 1.807) is 17.1 Å². The van der Waals surface area contributed by atoms with Gasteiger partial charge in [0.1, 0.15) is 5.52 Å². The van der Waals surface area contributed by atoms with E-state index in [1.165, 1.54) is 0 Å². The minimum absolute atomic E-state index is 0.447. The molecule has 0 radical (unpaired) electrons. The molecule has 0 fully saturated rings. The van der Waals surface area contributed by atoms with Gasteiger partial charge in [-0.25, -0.2) is 0 Å². The predicted octanol–water partition coefficient (Wildman–Crippen LogP) is 2.58. The molecule has 0 atom stereocenters. The number of hydrogen-bond acceptors (Lipinski definition) is 3. The van der Waals surface area contributed by atoms with Gasteiger partial charge in [0.15, 0.2) is 0 Å². The Morgan fingerprint density at radius 1 is 1.12 bits per heavy atom. The number of pyridine rings is 1. The zero-order chi connectivity index (χ0) is 17.4. The molecule has 3 heterocycles. The molecule has 0 bridgehead atoms. The van der Waals surface area contributed by atoms with Crippen molar-refractivity contribution in [3.05, 3.63) is 72.3 Å². The first-order valence-electron chi connectivity index (χ1n) is 7.93. The van der Waals surface area contributed by atoms with Crippen molar-refractivity contribution in [2.75, 3.05) is 0 Å². The summed E-state index contributed by atoms with van der Waals surface area (Å²) in [7, 11) is 1.90. The number of carbonyl (C=O) groups is 1. The van der Waals surface area contributed by atoms with Gasteiger partial charge in [0.2, 0.25) is 0 Å². The van der Waals surface area contributed by atoms with E-state index < -0.39 is 5.91 Å². The maximum Gasteiger partial charge on any atom is 0.252 e. The third kappa shape index (κ3) is 2.78. The number of benzene rings is 1. The predicted molar refractivity (Wildman–Crippen MR) is 96.0 cm³/mol. The number of aromatic nitrogens is 4. The molecule has 0 aliphatic rings. The number of rotatable bonds is 4. The van der Waals surface area contributed by atoms with E-state index in [4.69, 9.17) is 5.73 Å². The molecule has 4 rings (SSSR count). The molecule has 3 aromatic heterocycles. The first-order chi connectivity index (χ1) is 12.1. The Balaban J connectivity index is 1.66. The molecule has 1 aromatic carbocycles. The Labute approximate surface area is 144 Å². The summed E-state index contributed by atoms with van der Waals surface area (Å²) in [5.41, 5.74) is 10.8. The van der Waals surface area contributed by atoms with Crippen LogP contribution in [0, 0.1) is 0 Å². The average Bonchev–Trinajstić information content (AvgIpc) is 3.20. The van der Waals surface area contributed by atoms with Gasteiger partial charge in [-0.1, -0.05) is 24.3 Å². The summed E-state index contributed by atoms with van der Waals surface area (Å²) in [5, 5.41) is 4.20. The van der Waals surface area contributed by atoms with Gasteiger partial charge in [-0.15, -0.1) is 0 Å². The van der Waals surface area contributed by atoms with Gasteiger partial charge in [-0.05, 0) is 23.3 Å². The molecule has 0 saturated heterocycles. The summed E-state index contributed by atoms with van der Waals surface area (Å²) < 4.78 is 3.79. The highest BCUT2D eigenvalue weighted by Crippen LogP contribution is 2.22. The standard InChI is InChI=1S/C19H17N5O/c1-23-11-15(9-22-23)14-6-4-13(5-7-14)10-24-12-16(19(20)25)18-17(24)3-2-8-21-18/h2-9,11-12H,10H2,1H3,(H2,20,25). The molecule has 1 amide bonds. The van der Waals surface area contributed by atoms with Crippen LogP contribution in [0.2, 0.25) is 0 Å². The van der Waals surface area contributed by atoms with E-state index in [-0.39, 0.29) is 0 Å². The van der Waals surface area contributed by atoms with Crippen molar-refractivity contribution in [2.45, 2.75) is 6.54 Å². The fourth-order valence-corrected chi connectivity index (χ4v) is 3.00. The lowest BCUT2D eigenvalue weighted by Gasteiger charge is -2.06. The van der Waals surface area contributed by atoms with Crippen molar-refractivity contribution in [1.82, 2.24) is 19.3 Å². The van der Waals surface area contributed by atoms with Crippen LogP contribution in [0.25, 0.3) is 22.2 Å². The van der Waals surface area contributed by atoms with Gasteiger partial charge in [0.05, 0.1) is 17.3 Å². The summed E-state index contributed by atoms with van der Waals surface area (Å²) in [6, 6.07) is 12.1. The van der Waals surface area contributed by atoms with Crippen molar-refractivity contribution in [3.8, 4) is 11.1 Å². The second-order valence-corrected chi connectivity index (χ2v) is 6.01. The Bertz CT molecular complexity index is 1060.